The van der Waals surface area contributed by atoms with E-state index in [-0.39, 0.29) is 18.5 Å². The monoisotopic (exact) mass is 316 g/mol. The largest absolute Gasteiger partial charge is 0.479 e. The van der Waals surface area contributed by atoms with Gasteiger partial charge in [0.1, 0.15) is 11.1 Å². The number of sulfonamides is 1. The van der Waals surface area contributed by atoms with Gasteiger partial charge in [-0.3, -0.25) is 4.79 Å². The molecule has 1 aliphatic heterocycles. The van der Waals surface area contributed by atoms with E-state index in [2.05, 4.69) is 0 Å². The molecule has 21 heavy (non-hydrogen) atoms. The first-order chi connectivity index (χ1) is 9.70. The van der Waals surface area contributed by atoms with E-state index >= 15 is 0 Å². The Morgan fingerprint density at radius 3 is 2.38 bits per heavy atom. The van der Waals surface area contributed by atoms with Crippen LogP contribution in [0.4, 0.5) is 4.39 Å². The van der Waals surface area contributed by atoms with E-state index in [1.165, 1.54) is 12.1 Å². The van der Waals surface area contributed by atoms with Gasteiger partial charge >= 0.3 is 5.97 Å². The van der Waals surface area contributed by atoms with Crippen molar-refractivity contribution in [2.75, 3.05) is 6.54 Å². The lowest BCUT2D eigenvalue weighted by Crippen LogP contribution is -2.37. The summed E-state index contributed by atoms with van der Waals surface area (Å²) in [5.41, 5.74) is 0.187. The highest BCUT2D eigenvalue weighted by molar-refractivity contribution is 7.89. The summed E-state index contributed by atoms with van der Waals surface area (Å²) in [6.45, 7) is -0.300. The zero-order chi connectivity index (χ0) is 15.8. The van der Waals surface area contributed by atoms with Gasteiger partial charge < -0.3 is 10.0 Å². The average Bonchev–Trinajstić information content (AvgIpc) is 2.74. The number of carbonyl (C=O) groups excluding carboxylic acids is 1. The van der Waals surface area contributed by atoms with Gasteiger partial charge in [0.15, 0.2) is 6.04 Å². The highest BCUT2D eigenvalue weighted by Crippen LogP contribution is 2.28. The number of primary sulfonamides is 1. The zero-order valence-corrected chi connectivity index (χ0v) is 11.6. The molecule has 2 rings (SSSR count). The second-order valence-corrected chi connectivity index (χ2v) is 6.60. The summed E-state index contributed by atoms with van der Waals surface area (Å²) in [5, 5.41) is 13.2. The number of aliphatic carboxylic acids is 1. The van der Waals surface area contributed by atoms with Crippen LogP contribution < -0.4 is 5.14 Å². The number of rotatable bonds is 4. The van der Waals surface area contributed by atoms with Crippen LogP contribution in [0.3, 0.4) is 0 Å². The Bertz CT molecular complexity index is 673. The van der Waals surface area contributed by atoms with Crippen LogP contribution in [0.5, 0.6) is 0 Å². The van der Waals surface area contributed by atoms with Crippen LogP contribution in [-0.4, -0.2) is 42.1 Å². The minimum Gasteiger partial charge on any atom is -0.479 e. The van der Waals surface area contributed by atoms with Crippen molar-refractivity contribution >= 4 is 21.9 Å². The Balaban J connectivity index is 2.34. The summed E-state index contributed by atoms with van der Waals surface area (Å²) in [7, 11) is -3.93. The molecule has 1 unspecified atom stereocenters. The summed E-state index contributed by atoms with van der Waals surface area (Å²) in [6.07, 6.45) is -0.357. The zero-order valence-electron chi connectivity index (χ0n) is 10.8. The first-order valence-electron chi connectivity index (χ1n) is 5.99. The van der Waals surface area contributed by atoms with Crippen molar-refractivity contribution in [1.82, 2.24) is 4.90 Å². The van der Waals surface area contributed by atoms with Crippen molar-refractivity contribution in [3.05, 3.63) is 35.6 Å². The van der Waals surface area contributed by atoms with Gasteiger partial charge in [-0.05, 0) is 17.7 Å². The number of hydrogen-bond donors (Lipinski definition) is 2. The minimum absolute atomic E-state index is 0.187. The maximum atomic E-state index is 12.9. The summed E-state index contributed by atoms with van der Waals surface area (Å²) < 4.78 is 35.5. The number of nitrogens with two attached hydrogens (primary N) is 1. The molecule has 0 aromatic heterocycles. The van der Waals surface area contributed by atoms with Gasteiger partial charge in [-0.2, -0.15) is 0 Å². The third-order valence-corrected chi connectivity index (χ3v) is 4.56. The van der Waals surface area contributed by atoms with E-state index in [4.69, 9.17) is 5.14 Å². The Labute approximate surface area is 120 Å². The van der Waals surface area contributed by atoms with Gasteiger partial charge in [-0.1, -0.05) is 12.1 Å². The molecule has 0 aliphatic carbocycles. The van der Waals surface area contributed by atoms with E-state index in [0.29, 0.717) is 0 Å². The quantitative estimate of drug-likeness (QED) is 0.800. The van der Waals surface area contributed by atoms with Gasteiger partial charge in [0.05, 0.1) is 0 Å². The fourth-order valence-corrected chi connectivity index (χ4v) is 3.01. The molecule has 1 aromatic rings. The second kappa shape index (κ2) is 5.41. The van der Waals surface area contributed by atoms with Crippen LogP contribution in [-0.2, 0) is 19.6 Å². The molecule has 1 fully saturated rings. The number of halogens is 1. The molecule has 9 heteroatoms. The van der Waals surface area contributed by atoms with Crippen LogP contribution in [0.25, 0.3) is 0 Å². The molecule has 1 heterocycles. The first-order valence-corrected chi connectivity index (χ1v) is 7.60. The van der Waals surface area contributed by atoms with Crippen molar-refractivity contribution in [2.24, 2.45) is 5.14 Å². The minimum atomic E-state index is -3.93. The Morgan fingerprint density at radius 2 is 1.95 bits per heavy atom. The maximum absolute atomic E-state index is 12.9. The van der Waals surface area contributed by atoms with Crippen molar-refractivity contribution in [1.29, 1.82) is 0 Å². The van der Waals surface area contributed by atoms with Crippen LogP contribution in [0.1, 0.15) is 18.0 Å². The number of hydrogen-bond acceptors (Lipinski definition) is 4. The Kier molecular flexibility index (Phi) is 3.97. The number of carboxylic acids is 1. The topological polar surface area (TPSA) is 118 Å². The Morgan fingerprint density at radius 1 is 1.38 bits per heavy atom. The Hall–Kier alpha value is -2.00. The summed E-state index contributed by atoms with van der Waals surface area (Å²) in [6, 6.07) is 3.26. The number of benzene rings is 1. The van der Waals surface area contributed by atoms with Gasteiger partial charge in [0.2, 0.25) is 15.9 Å². The van der Waals surface area contributed by atoms with E-state index in [1.54, 1.807) is 0 Å². The second-order valence-electron chi connectivity index (χ2n) is 4.75. The van der Waals surface area contributed by atoms with Crippen molar-refractivity contribution < 1.29 is 27.5 Å². The smallest absolute Gasteiger partial charge is 0.331 e. The third kappa shape index (κ3) is 3.19. The van der Waals surface area contributed by atoms with Crippen LogP contribution in [0, 0.1) is 5.82 Å². The van der Waals surface area contributed by atoms with Gasteiger partial charge in [-0.15, -0.1) is 0 Å². The van der Waals surface area contributed by atoms with Crippen LogP contribution >= 0.6 is 0 Å². The van der Waals surface area contributed by atoms with Gasteiger partial charge in [-0.25, -0.2) is 22.7 Å². The molecule has 0 spiro atoms. The lowest BCUT2D eigenvalue weighted by molar-refractivity contribution is -0.148. The summed E-state index contributed by atoms with van der Waals surface area (Å²) in [5.74, 6) is -2.49. The van der Waals surface area contributed by atoms with Crippen molar-refractivity contribution in [2.45, 2.75) is 17.7 Å². The molecular formula is C12H13FN2O5S. The molecule has 0 saturated carbocycles. The van der Waals surface area contributed by atoms with E-state index in [0.717, 1.165) is 17.0 Å². The van der Waals surface area contributed by atoms with Crippen LogP contribution in [0.2, 0.25) is 0 Å². The molecule has 3 N–H and O–H groups in total. The average molecular weight is 316 g/mol. The predicted molar refractivity (Wildman–Crippen MR) is 70.0 cm³/mol. The standard InChI is InChI=1S/C12H13FN2O5S/c13-8-3-1-7(2-4-8)11(12(17)18)15-6-9(5-10(15)16)21(14,19)20/h1-4,9,11H,5-6H2,(H,17,18)(H2,14,19,20)/t9?,11-/m0/s1. The molecule has 7 nitrogen and oxygen atoms in total. The highest BCUT2D eigenvalue weighted by atomic mass is 32.2. The number of likely N-dealkylation sites (tertiary alicyclic amines) is 1. The molecule has 114 valence electrons. The normalized spacial score (nSPS) is 20.6. The molecule has 1 amide bonds. The lowest BCUT2D eigenvalue weighted by Gasteiger charge is -2.24. The van der Waals surface area contributed by atoms with E-state index in [9.17, 15) is 27.5 Å². The van der Waals surface area contributed by atoms with Crippen molar-refractivity contribution in [3.63, 3.8) is 0 Å². The van der Waals surface area contributed by atoms with E-state index in [1.807, 2.05) is 0 Å². The molecule has 0 bridgehead atoms. The molecule has 2 atom stereocenters. The predicted octanol–water partition coefficient (Wildman–Crippen LogP) is -0.159. The number of carboxylic acid groups (broad SMARTS) is 1. The number of amides is 1. The SMILES string of the molecule is NS(=O)(=O)C1CC(=O)N([C@H](C(=O)O)c2ccc(F)cc2)C1. The molecule has 0 radical (unpaired) electrons. The maximum Gasteiger partial charge on any atom is 0.331 e. The number of carbonyl (C=O) groups is 2. The van der Waals surface area contributed by atoms with Gasteiger partial charge in [0.25, 0.3) is 0 Å². The fourth-order valence-electron chi connectivity index (χ4n) is 2.27. The summed E-state index contributed by atoms with van der Waals surface area (Å²) >= 11 is 0. The molecule has 1 aromatic carbocycles. The van der Waals surface area contributed by atoms with Crippen LogP contribution in [0.15, 0.2) is 24.3 Å². The fraction of sp³-hybridized carbons (Fsp3) is 0.333. The molecular weight excluding hydrogens is 303 g/mol. The molecule has 1 saturated heterocycles. The first kappa shape index (κ1) is 15.4. The summed E-state index contributed by atoms with van der Waals surface area (Å²) in [4.78, 5) is 24.2. The lowest BCUT2D eigenvalue weighted by atomic mass is 10.1. The highest BCUT2D eigenvalue weighted by Gasteiger charge is 2.42. The van der Waals surface area contributed by atoms with E-state index < -0.39 is 39.0 Å². The third-order valence-electron chi connectivity index (χ3n) is 3.32. The van der Waals surface area contributed by atoms with Gasteiger partial charge in [0, 0.05) is 13.0 Å². The number of nitrogens with zero attached hydrogens (tertiary/aromatic N) is 1. The van der Waals surface area contributed by atoms with Crippen molar-refractivity contribution in [3.8, 4) is 0 Å². The molecule has 1 aliphatic rings.